The van der Waals surface area contributed by atoms with Crippen molar-refractivity contribution in [2.24, 2.45) is 0 Å². The molecule has 6 nitrogen and oxygen atoms in total. The van der Waals surface area contributed by atoms with E-state index in [-0.39, 0.29) is 13.6 Å². The number of hydrogen-bond donors (Lipinski definition) is 1. The molecule has 4 rings (SSSR count). The monoisotopic (exact) mass is 330 g/mol. The standard InChI is InChI=1S/C10H12O3.C8H6O3/c1-2-8(11)7-3-4-9-10(5-7)13-6-12-9;9-4-6-1-2-7-8(3-6)11-5-10-7/h3-5,8,11H,2,6H2,1H3;1-4H,5H2. The van der Waals surface area contributed by atoms with Crippen molar-refractivity contribution in [3.8, 4) is 23.0 Å². The van der Waals surface area contributed by atoms with Crippen molar-refractivity contribution in [2.75, 3.05) is 13.6 Å². The highest BCUT2D eigenvalue weighted by Gasteiger charge is 2.15. The van der Waals surface area contributed by atoms with E-state index in [9.17, 15) is 9.90 Å². The Morgan fingerprint density at radius 3 is 2.17 bits per heavy atom. The van der Waals surface area contributed by atoms with Crippen molar-refractivity contribution in [1.29, 1.82) is 0 Å². The second kappa shape index (κ2) is 7.23. The van der Waals surface area contributed by atoms with E-state index in [4.69, 9.17) is 18.9 Å². The lowest BCUT2D eigenvalue weighted by atomic mass is 10.1. The van der Waals surface area contributed by atoms with Crippen LogP contribution in [-0.4, -0.2) is 25.0 Å². The summed E-state index contributed by atoms with van der Waals surface area (Å²) in [5, 5.41) is 9.56. The summed E-state index contributed by atoms with van der Waals surface area (Å²) in [4.78, 5) is 10.3. The third kappa shape index (κ3) is 3.44. The SMILES string of the molecule is CCC(O)c1ccc2c(c1)OCO2.O=Cc1ccc2c(c1)OCO2. The van der Waals surface area contributed by atoms with Crippen molar-refractivity contribution in [3.63, 3.8) is 0 Å². The summed E-state index contributed by atoms with van der Waals surface area (Å²) in [7, 11) is 0. The van der Waals surface area contributed by atoms with Gasteiger partial charge in [-0.2, -0.15) is 0 Å². The largest absolute Gasteiger partial charge is 0.454 e. The van der Waals surface area contributed by atoms with Crippen LogP contribution < -0.4 is 18.9 Å². The lowest BCUT2D eigenvalue weighted by Gasteiger charge is -2.07. The summed E-state index contributed by atoms with van der Waals surface area (Å²) in [6.07, 6.45) is 1.08. The van der Waals surface area contributed by atoms with Gasteiger partial charge in [0.05, 0.1) is 6.10 Å². The number of benzene rings is 2. The number of ether oxygens (including phenoxy) is 4. The van der Waals surface area contributed by atoms with Gasteiger partial charge in [0.2, 0.25) is 13.6 Å². The normalized spacial score (nSPS) is 14.6. The molecule has 0 aromatic heterocycles. The van der Waals surface area contributed by atoms with E-state index in [0.717, 1.165) is 23.3 Å². The molecule has 1 atom stereocenters. The van der Waals surface area contributed by atoms with Crippen LogP contribution >= 0.6 is 0 Å². The van der Waals surface area contributed by atoms with Crippen molar-refractivity contribution < 1.29 is 28.8 Å². The first-order valence-corrected chi connectivity index (χ1v) is 7.63. The maximum Gasteiger partial charge on any atom is 0.231 e. The molecule has 24 heavy (non-hydrogen) atoms. The third-order valence-electron chi connectivity index (χ3n) is 3.70. The predicted octanol–water partition coefficient (Wildman–Crippen LogP) is 3.09. The quantitative estimate of drug-likeness (QED) is 0.872. The zero-order valence-electron chi connectivity index (χ0n) is 13.2. The molecular weight excluding hydrogens is 312 g/mol. The fourth-order valence-corrected chi connectivity index (χ4v) is 2.34. The summed E-state index contributed by atoms with van der Waals surface area (Å²) in [5.41, 5.74) is 1.49. The van der Waals surface area contributed by atoms with E-state index in [1.165, 1.54) is 0 Å². The Morgan fingerprint density at radius 1 is 0.958 bits per heavy atom. The minimum absolute atomic E-state index is 0.248. The average molecular weight is 330 g/mol. The first-order valence-electron chi connectivity index (χ1n) is 7.63. The molecule has 0 saturated carbocycles. The van der Waals surface area contributed by atoms with Crippen LogP contribution in [0, 0.1) is 0 Å². The number of fused-ring (bicyclic) bond motifs is 2. The van der Waals surface area contributed by atoms with Crippen molar-refractivity contribution >= 4 is 6.29 Å². The average Bonchev–Trinajstić information content (AvgIpc) is 3.28. The van der Waals surface area contributed by atoms with Gasteiger partial charge in [-0.3, -0.25) is 4.79 Å². The molecule has 0 radical (unpaired) electrons. The van der Waals surface area contributed by atoms with Crippen LogP contribution in [0.4, 0.5) is 0 Å². The Balaban J connectivity index is 0.000000143. The number of aliphatic hydroxyl groups excluding tert-OH is 1. The molecule has 0 fully saturated rings. The van der Waals surface area contributed by atoms with Crippen LogP contribution in [0.15, 0.2) is 36.4 Å². The van der Waals surface area contributed by atoms with Crippen LogP contribution in [-0.2, 0) is 0 Å². The summed E-state index contributed by atoms with van der Waals surface area (Å²) in [6.45, 7) is 2.47. The van der Waals surface area contributed by atoms with Crippen molar-refractivity contribution in [2.45, 2.75) is 19.4 Å². The van der Waals surface area contributed by atoms with E-state index in [1.807, 2.05) is 25.1 Å². The van der Waals surface area contributed by atoms with E-state index >= 15 is 0 Å². The summed E-state index contributed by atoms with van der Waals surface area (Å²) < 4.78 is 20.5. The van der Waals surface area contributed by atoms with E-state index in [2.05, 4.69) is 0 Å². The molecule has 2 aliphatic rings. The predicted molar refractivity (Wildman–Crippen MR) is 85.8 cm³/mol. The number of aldehydes is 1. The molecule has 1 unspecified atom stereocenters. The second-order valence-corrected chi connectivity index (χ2v) is 5.27. The van der Waals surface area contributed by atoms with Gasteiger partial charge in [-0.1, -0.05) is 13.0 Å². The molecule has 2 aromatic rings. The van der Waals surface area contributed by atoms with E-state index in [0.29, 0.717) is 23.5 Å². The number of hydrogen-bond acceptors (Lipinski definition) is 6. The summed E-state index contributed by atoms with van der Waals surface area (Å²) >= 11 is 0. The third-order valence-corrected chi connectivity index (χ3v) is 3.70. The van der Waals surface area contributed by atoms with Crippen LogP contribution in [0.3, 0.4) is 0 Å². The number of rotatable bonds is 3. The molecule has 126 valence electrons. The highest BCUT2D eigenvalue weighted by atomic mass is 16.7. The Hall–Kier alpha value is -2.73. The molecule has 0 aliphatic carbocycles. The Kier molecular flexibility index (Phi) is 4.86. The Labute approximate surface area is 139 Å². The van der Waals surface area contributed by atoms with Gasteiger partial charge < -0.3 is 24.1 Å². The Morgan fingerprint density at radius 2 is 1.54 bits per heavy atom. The van der Waals surface area contributed by atoms with Crippen molar-refractivity contribution in [1.82, 2.24) is 0 Å². The molecule has 0 bridgehead atoms. The van der Waals surface area contributed by atoms with Crippen LogP contribution in [0.5, 0.6) is 23.0 Å². The topological polar surface area (TPSA) is 74.2 Å². The summed E-state index contributed by atoms with van der Waals surface area (Å²) in [6, 6.07) is 10.6. The highest BCUT2D eigenvalue weighted by molar-refractivity contribution is 5.76. The molecule has 2 heterocycles. The van der Waals surface area contributed by atoms with Gasteiger partial charge in [-0.25, -0.2) is 0 Å². The molecular formula is C18H18O6. The molecule has 1 N–H and O–H groups in total. The van der Waals surface area contributed by atoms with E-state index in [1.54, 1.807) is 18.2 Å². The van der Waals surface area contributed by atoms with Gasteiger partial charge in [0, 0.05) is 5.56 Å². The molecule has 6 heteroatoms. The maximum absolute atomic E-state index is 10.3. The minimum atomic E-state index is -0.408. The molecule has 0 spiro atoms. The van der Waals surface area contributed by atoms with E-state index < -0.39 is 6.10 Å². The van der Waals surface area contributed by atoms with Crippen LogP contribution in [0.25, 0.3) is 0 Å². The van der Waals surface area contributed by atoms with Crippen molar-refractivity contribution in [3.05, 3.63) is 47.5 Å². The minimum Gasteiger partial charge on any atom is -0.454 e. The molecule has 2 aromatic carbocycles. The molecule has 0 amide bonds. The van der Waals surface area contributed by atoms with Gasteiger partial charge in [0.1, 0.15) is 6.29 Å². The van der Waals surface area contributed by atoms with Crippen LogP contribution in [0.1, 0.15) is 35.4 Å². The van der Waals surface area contributed by atoms with Crippen LogP contribution in [0.2, 0.25) is 0 Å². The van der Waals surface area contributed by atoms with Gasteiger partial charge >= 0.3 is 0 Å². The fraction of sp³-hybridized carbons (Fsp3) is 0.278. The lowest BCUT2D eigenvalue weighted by molar-refractivity contribution is 0.112. The Bertz CT molecular complexity index is 727. The summed E-state index contributed by atoms with van der Waals surface area (Å²) in [5.74, 6) is 2.84. The first kappa shape index (κ1) is 16.1. The van der Waals surface area contributed by atoms with Gasteiger partial charge in [0.25, 0.3) is 0 Å². The second-order valence-electron chi connectivity index (χ2n) is 5.27. The maximum atomic E-state index is 10.3. The van der Waals surface area contributed by atoms with Gasteiger partial charge in [-0.15, -0.1) is 0 Å². The van der Waals surface area contributed by atoms with Gasteiger partial charge in [0.15, 0.2) is 23.0 Å². The number of carbonyl (C=O) groups is 1. The lowest BCUT2D eigenvalue weighted by Crippen LogP contribution is -1.94. The number of carbonyl (C=O) groups excluding carboxylic acids is 1. The fourth-order valence-electron chi connectivity index (χ4n) is 2.34. The zero-order chi connectivity index (χ0) is 16.9. The molecule has 2 aliphatic heterocycles. The zero-order valence-corrected chi connectivity index (χ0v) is 13.2. The highest BCUT2D eigenvalue weighted by Crippen LogP contribution is 2.34. The smallest absolute Gasteiger partial charge is 0.231 e. The van der Waals surface area contributed by atoms with Gasteiger partial charge in [-0.05, 0) is 42.3 Å². The molecule has 0 saturated heterocycles. The first-order chi connectivity index (χ1) is 11.7. The number of aliphatic hydroxyl groups is 1.